The molecule has 2 atom stereocenters. The second-order valence-electron chi connectivity index (χ2n) is 24.4. The van der Waals surface area contributed by atoms with Crippen molar-refractivity contribution in [1.82, 2.24) is 0 Å². The molecular formula is C53H76HfSi4. The van der Waals surface area contributed by atoms with Crippen LogP contribution in [-0.4, -0.2) is 32.3 Å². The predicted molar refractivity (Wildman–Crippen MR) is 270 cm³/mol. The average molecular weight is 1000 g/mol. The first-order valence-electron chi connectivity index (χ1n) is 22.7. The van der Waals surface area contributed by atoms with E-state index in [0.717, 1.165) is 0 Å². The molecule has 1 aliphatic heterocycles. The van der Waals surface area contributed by atoms with Gasteiger partial charge < -0.3 is 0 Å². The summed E-state index contributed by atoms with van der Waals surface area (Å²) in [5, 5.41) is 6.43. The number of hydrogen-bond donors (Lipinski definition) is 0. The van der Waals surface area contributed by atoms with Crippen molar-refractivity contribution in [2.45, 2.75) is 136 Å². The second-order valence-corrected chi connectivity index (χ2v) is 61.9. The van der Waals surface area contributed by atoms with Gasteiger partial charge in [0.15, 0.2) is 0 Å². The Bertz CT molecular complexity index is 2100. The summed E-state index contributed by atoms with van der Waals surface area (Å²) in [5.41, 5.74) is 16.0. The van der Waals surface area contributed by atoms with E-state index in [1.807, 2.05) is 0 Å². The van der Waals surface area contributed by atoms with Crippen LogP contribution >= 0.6 is 0 Å². The van der Waals surface area contributed by atoms with Gasteiger partial charge in [0, 0.05) is 0 Å². The van der Waals surface area contributed by atoms with Gasteiger partial charge in [-0.25, -0.2) is 0 Å². The van der Waals surface area contributed by atoms with Gasteiger partial charge >= 0.3 is 367 Å². The standard InChI is InChI=1S/C51H70Si4.2CH3.Hf/c1-35(2)33-51(34-36(3)4,41-23-37-19-17-21-47(49(37)29-41)39-25-43(52(5,6)7)31-44(26-39)53(8,9)10)42-24-38-20-18-22-48(50(38)30-42)40-27-45(54(11,12)13)32-46(28-40)55(14,15)16;;;/h17-32,35-36H,33-34H2,1-16H3;2*1H3;. The first-order valence-corrected chi connectivity index (χ1v) is 48.0. The Morgan fingerprint density at radius 3 is 1.07 bits per heavy atom. The fraction of sp³-hybridized carbons (Fsp3) is 0.472. The minimum atomic E-state index is -3.30. The molecule has 4 aromatic carbocycles. The van der Waals surface area contributed by atoms with Crippen LogP contribution in [0.3, 0.4) is 0 Å². The molecular weight excluding hydrogens is 927 g/mol. The van der Waals surface area contributed by atoms with Crippen molar-refractivity contribution in [3.63, 3.8) is 0 Å². The number of rotatable bonds is 10. The molecule has 2 unspecified atom stereocenters. The van der Waals surface area contributed by atoms with Gasteiger partial charge in [-0.1, -0.05) is 0 Å². The van der Waals surface area contributed by atoms with Crippen molar-refractivity contribution in [1.29, 1.82) is 0 Å². The van der Waals surface area contributed by atoms with Gasteiger partial charge in [0.25, 0.3) is 0 Å². The van der Waals surface area contributed by atoms with Crippen LogP contribution in [0, 0.1) is 17.3 Å². The van der Waals surface area contributed by atoms with Gasteiger partial charge in [0.1, 0.15) is 0 Å². The average Bonchev–Trinajstić information content (AvgIpc) is 3.70. The molecule has 3 aliphatic rings. The molecule has 2 aliphatic carbocycles. The summed E-state index contributed by atoms with van der Waals surface area (Å²) in [6.07, 6.45) is 8.08. The van der Waals surface area contributed by atoms with E-state index in [2.05, 4.69) is 201 Å². The maximum absolute atomic E-state index is 3.30. The van der Waals surface area contributed by atoms with Crippen molar-refractivity contribution in [2.75, 3.05) is 0 Å². The fourth-order valence-corrected chi connectivity index (χ4v) is 33.4. The zero-order valence-electron chi connectivity index (χ0n) is 39.8. The van der Waals surface area contributed by atoms with Crippen LogP contribution in [0.5, 0.6) is 0 Å². The normalized spacial score (nSPS) is 19.8. The monoisotopic (exact) mass is 1000 g/mol. The summed E-state index contributed by atoms with van der Waals surface area (Å²) in [5.74, 6) is 1.21. The van der Waals surface area contributed by atoms with Crippen molar-refractivity contribution >= 4 is 65.2 Å². The topological polar surface area (TPSA) is 0 Å². The molecule has 58 heavy (non-hydrogen) atoms. The molecule has 0 spiro atoms. The number of allylic oxidation sites excluding steroid dienone is 2. The summed E-state index contributed by atoms with van der Waals surface area (Å²) in [6, 6.07) is 30.6. The second kappa shape index (κ2) is 14.9. The van der Waals surface area contributed by atoms with Crippen molar-refractivity contribution in [3.05, 3.63) is 106 Å². The van der Waals surface area contributed by atoms with Gasteiger partial charge in [0.2, 0.25) is 0 Å². The van der Waals surface area contributed by atoms with Crippen LogP contribution in [-0.2, 0) is 20.0 Å². The third-order valence-corrected chi connectivity index (χ3v) is 37.4. The Labute approximate surface area is 363 Å². The van der Waals surface area contributed by atoms with E-state index < -0.39 is 52.3 Å². The van der Waals surface area contributed by atoms with E-state index in [1.54, 1.807) is 54.1 Å². The molecule has 5 heteroatoms. The van der Waals surface area contributed by atoms with Crippen LogP contribution in [0.2, 0.25) is 87.9 Å². The SMILES string of the molecule is CC(C)CC1(CC(C)C)C2=Cc3c(-c4cc([Si](C)(C)C)cc([Si](C)(C)C)c4)cccc3[CH]2[Hf]([CH3])([CH3])[CH]2C1=Cc1c(-c3cc([Si](C)(C)C)cc([Si](C)(C)C)c3)cccc12. The van der Waals surface area contributed by atoms with E-state index in [-0.39, 0.29) is 5.41 Å². The van der Waals surface area contributed by atoms with Crippen molar-refractivity contribution in [3.8, 4) is 22.3 Å². The van der Waals surface area contributed by atoms with E-state index in [0.29, 0.717) is 19.2 Å². The molecule has 0 nitrogen and oxygen atoms in total. The van der Waals surface area contributed by atoms with E-state index >= 15 is 0 Å². The van der Waals surface area contributed by atoms with Crippen molar-refractivity contribution in [2.24, 2.45) is 17.3 Å². The van der Waals surface area contributed by atoms with E-state index in [4.69, 9.17) is 0 Å². The van der Waals surface area contributed by atoms with Gasteiger partial charge in [-0.15, -0.1) is 0 Å². The third-order valence-electron chi connectivity index (χ3n) is 14.2. The van der Waals surface area contributed by atoms with Crippen LogP contribution in [0.15, 0.2) is 83.9 Å². The van der Waals surface area contributed by atoms with Gasteiger partial charge in [-0.2, -0.15) is 0 Å². The summed E-state index contributed by atoms with van der Waals surface area (Å²) in [6.45, 7) is 40.3. The number of hydrogen-bond acceptors (Lipinski definition) is 0. The Balaban J connectivity index is 1.51. The molecule has 1 saturated heterocycles. The molecule has 0 saturated carbocycles. The molecule has 1 fully saturated rings. The first-order chi connectivity index (χ1) is 26.6. The predicted octanol–water partition coefficient (Wildman–Crippen LogP) is 14.1. The van der Waals surface area contributed by atoms with Gasteiger partial charge in [-0.3, -0.25) is 0 Å². The third kappa shape index (κ3) is 7.77. The van der Waals surface area contributed by atoms with Crippen LogP contribution < -0.4 is 20.7 Å². The number of fused-ring (bicyclic) bond motifs is 6. The molecule has 0 aromatic heterocycles. The van der Waals surface area contributed by atoms with Crippen molar-refractivity contribution < 1.29 is 20.0 Å². The summed E-state index contributed by atoms with van der Waals surface area (Å²) >= 11 is -3.30. The Morgan fingerprint density at radius 1 is 0.483 bits per heavy atom. The first kappa shape index (κ1) is 44.2. The summed E-state index contributed by atoms with van der Waals surface area (Å²) in [7, 11) is -6.15. The molecule has 0 amide bonds. The van der Waals surface area contributed by atoms with Crippen LogP contribution in [0.4, 0.5) is 0 Å². The fourth-order valence-electron chi connectivity index (χ4n) is 11.3. The minimum absolute atomic E-state index is 0.0487. The maximum atomic E-state index is 2.85. The molecule has 7 rings (SSSR count). The Morgan fingerprint density at radius 2 is 0.793 bits per heavy atom. The number of benzene rings is 4. The molecule has 0 bridgehead atoms. The molecule has 308 valence electrons. The zero-order chi connectivity index (χ0) is 42.7. The van der Waals surface area contributed by atoms with Crippen LogP contribution in [0.25, 0.3) is 34.4 Å². The Hall–Kier alpha value is -1.90. The Kier molecular flexibility index (Phi) is 11.3. The summed E-state index contributed by atoms with van der Waals surface area (Å²) < 4.78 is 6.88. The van der Waals surface area contributed by atoms with E-state index in [1.165, 1.54) is 35.1 Å². The van der Waals surface area contributed by atoms with Gasteiger partial charge in [-0.05, 0) is 0 Å². The van der Waals surface area contributed by atoms with Crippen LogP contribution in [0.1, 0.15) is 70.1 Å². The molecule has 0 radical (unpaired) electrons. The molecule has 1 heterocycles. The zero-order valence-corrected chi connectivity index (χ0v) is 47.4. The van der Waals surface area contributed by atoms with Gasteiger partial charge in [0.05, 0.1) is 0 Å². The quantitative estimate of drug-likeness (QED) is 0.139. The summed E-state index contributed by atoms with van der Waals surface area (Å²) in [4.78, 5) is 0. The molecule has 4 aromatic rings. The van der Waals surface area contributed by atoms with E-state index in [9.17, 15) is 0 Å². The molecule has 0 N–H and O–H groups in total.